The van der Waals surface area contributed by atoms with E-state index in [0.29, 0.717) is 5.78 Å². The molecule has 0 unspecified atom stereocenters. The fourth-order valence-corrected chi connectivity index (χ4v) is 1.94. The van der Waals surface area contributed by atoms with Gasteiger partial charge in [-0.25, -0.2) is 0 Å². The van der Waals surface area contributed by atoms with Gasteiger partial charge in [0, 0.05) is 16.6 Å². The minimum atomic E-state index is 0.164. The monoisotopic (exact) mass is 156 g/mol. The number of ketones is 1. The van der Waals surface area contributed by atoms with Crippen molar-refractivity contribution in [2.75, 3.05) is 5.75 Å². The number of Topliss-reactive ketones (excluding diaryl/α,β-unsaturated/α-hetero) is 1. The zero-order valence-electron chi connectivity index (χ0n) is 6.39. The predicted octanol–water partition coefficient (Wildman–Crippen LogP) is 2.23. The number of carbonyl (C=O) groups is 1. The van der Waals surface area contributed by atoms with Crippen LogP contribution in [0, 0.1) is 5.92 Å². The Labute approximate surface area is 65.9 Å². The van der Waals surface area contributed by atoms with E-state index in [1.807, 2.05) is 19.9 Å². The number of thioether (sulfide) groups is 1. The summed E-state index contributed by atoms with van der Waals surface area (Å²) in [7, 11) is 0. The lowest BCUT2D eigenvalue weighted by atomic mass is 10.1. The summed E-state index contributed by atoms with van der Waals surface area (Å²) in [6.07, 6.45) is 3.12. The Balaban J connectivity index is 2.56. The molecular formula is C8H12OS. The van der Waals surface area contributed by atoms with Crippen LogP contribution in [-0.4, -0.2) is 11.5 Å². The van der Waals surface area contributed by atoms with Crippen LogP contribution in [-0.2, 0) is 4.79 Å². The fraction of sp³-hybridized carbons (Fsp3) is 0.625. The van der Waals surface area contributed by atoms with E-state index in [1.165, 1.54) is 0 Å². The first kappa shape index (κ1) is 7.86. The molecule has 0 aromatic heterocycles. The van der Waals surface area contributed by atoms with Gasteiger partial charge in [-0.3, -0.25) is 4.79 Å². The van der Waals surface area contributed by atoms with E-state index in [9.17, 15) is 4.79 Å². The molecular weight excluding hydrogens is 144 g/mol. The van der Waals surface area contributed by atoms with Crippen LogP contribution >= 0.6 is 11.8 Å². The molecule has 1 aliphatic heterocycles. The minimum absolute atomic E-state index is 0.164. The third-order valence-electron chi connectivity index (χ3n) is 1.47. The Bertz CT molecular complexity index is 170. The lowest BCUT2D eigenvalue weighted by Crippen LogP contribution is -2.06. The van der Waals surface area contributed by atoms with Gasteiger partial charge in [-0.2, -0.15) is 0 Å². The number of allylic oxidation sites excluding steroid dienone is 2. The summed E-state index contributed by atoms with van der Waals surface area (Å²) in [6.45, 7) is 3.89. The Morgan fingerprint density at radius 1 is 1.70 bits per heavy atom. The van der Waals surface area contributed by atoms with Crippen LogP contribution in [0.3, 0.4) is 0 Å². The van der Waals surface area contributed by atoms with E-state index in [-0.39, 0.29) is 5.92 Å². The van der Waals surface area contributed by atoms with Crippen LogP contribution < -0.4 is 0 Å². The smallest absolute Gasteiger partial charge is 0.171 e. The van der Waals surface area contributed by atoms with Crippen molar-refractivity contribution < 1.29 is 4.79 Å². The average Bonchev–Trinajstić information content (AvgIpc) is 2.36. The Hall–Kier alpha value is -0.240. The maximum absolute atomic E-state index is 11.3. The molecule has 0 saturated heterocycles. The van der Waals surface area contributed by atoms with Crippen molar-refractivity contribution in [1.29, 1.82) is 0 Å². The van der Waals surface area contributed by atoms with Crippen LogP contribution in [0.15, 0.2) is 11.0 Å². The molecule has 1 nitrogen and oxygen atoms in total. The van der Waals surface area contributed by atoms with Crippen LogP contribution in [0.1, 0.15) is 20.3 Å². The van der Waals surface area contributed by atoms with Crippen LogP contribution in [0.5, 0.6) is 0 Å². The Morgan fingerprint density at radius 3 is 2.80 bits per heavy atom. The normalized spacial score (nSPS) is 17.7. The van der Waals surface area contributed by atoms with E-state index >= 15 is 0 Å². The second-order valence-corrected chi connectivity index (χ2v) is 3.86. The van der Waals surface area contributed by atoms with Crippen molar-refractivity contribution >= 4 is 17.5 Å². The lowest BCUT2D eigenvalue weighted by Gasteiger charge is -2.02. The summed E-state index contributed by atoms with van der Waals surface area (Å²) in [4.78, 5) is 12.2. The third-order valence-corrected chi connectivity index (χ3v) is 2.59. The third kappa shape index (κ3) is 1.63. The van der Waals surface area contributed by atoms with Crippen LogP contribution in [0.2, 0.25) is 0 Å². The molecule has 0 aromatic rings. The second kappa shape index (κ2) is 3.24. The van der Waals surface area contributed by atoms with Crippen LogP contribution in [0.25, 0.3) is 0 Å². The number of hydrogen-bond donors (Lipinski definition) is 0. The molecule has 56 valence electrons. The topological polar surface area (TPSA) is 17.1 Å². The summed E-state index contributed by atoms with van der Waals surface area (Å²) >= 11 is 1.69. The molecule has 1 heterocycles. The molecule has 0 radical (unpaired) electrons. The number of carbonyl (C=O) groups excluding carboxylic acids is 1. The first-order chi connectivity index (χ1) is 4.72. The van der Waals surface area contributed by atoms with Crippen LogP contribution in [0.4, 0.5) is 0 Å². The van der Waals surface area contributed by atoms with Gasteiger partial charge in [-0.1, -0.05) is 19.9 Å². The molecule has 0 atom stereocenters. The molecule has 1 aliphatic rings. The number of rotatable bonds is 2. The zero-order chi connectivity index (χ0) is 7.56. The highest BCUT2D eigenvalue weighted by atomic mass is 32.2. The van der Waals surface area contributed by atoms with E-state index in [1.54, 1.807) is 11.8 Å². The first-order valence-corrected chi connectivity index (χ1v) is 4.57. The molecule has 0 spiro atoms. The molecule has 0 saturated carbocycles. The molecule has 0 aliphatic carbocycles. The van der Waals surface area contributed by atoms with Crippen molar-refractivity contribution in [3.63, 3.8) is 0 Å². The highest BCUT2D eigenvalue weighted by molar-refractivity contribution is 8.04. The van der Waals surface area contributed by atoms with Gasteiger partial charge >= 0.3 is 0 Å². The van der Waals surface area contributed by atoms with Crippen molar-refractivity contribution in [2.45, 2.75) is 20.3 Å². The molecule has 10 heavy (non-hydrogen) atoms. The van der Waals surface area contributed by atoms with Crippen molar-refractivity contribution in [3.05, 3.63) is 11.0 Å². The molecule has 0 amide bonds. The van der Waals surface area contributed by atoms with E-state index in [2.05, 4.69) is 0 Å². The molecule has 0 aromatic carbocycles. The zero-order valence-corrected chi connectivity index (χ0v) is 7.20. The quantitative estimate of drug-likeness (QED) is 0.610. The van der Waals surface area contributed by atoms with Gasteiger partial charge in [0.2, 0.25) is 0 Å². The molecule has 2 heteroatoms. The van der Waals surface area contributed by atoms with Gasteiger partial charge in [0.15, 0.2) is 5.78 Å². The first-order valence-electron chi connectivity index (χ1n) is 3.59. The largest absolute Gasteiger partial charge is 0.293 e. The summed E-state index contributed by atoms with van der Waals surface area (Å²) in [5, 5.41) is 0. The predicted molar refractivity (Wildman–Crippen MR) is 45.0 cm³/mol. The lowest BCUT2D eigenvalue weighted by molar-refractivity contribution is -0.117. The van der Waals surface area contributed by atoms with E-state index in [0.717, 1.165) is 17.1 Å². The highest BCUT2D eigenvalue weighted by Crippen LogP contribution is 2.27. The molecule has 0 bridgehead atoms. The van der Waals surface area contributed by atoms with Gasteiger partial charge in [-0.15, -0.1) is 11.8 Å². The molecule has 1 rings (SSSR count). The molecule has 0 fully saturated rings. The second-order valence-electron chi connectivity index (χ2n) is 2.72. The van der Waals surface area contributed by atoms with Gasteiger partial charge in [0.1, 0.15) is 0 Å². The number of hydrogen-bond acceptors (Lipinski definition) is 2. The maximum atomic E-state index is 11.3. The Morgan fingerprint density at radius 2 is 2.40 bits per heavy atom. The SMILES string of the molecule is CC(C)C(=O)C1=CCCS1. The fourth-order valence-electron chi connectivity index (χ4n) is 0.874. The van der Waals surface area contributed by atoms with E-state index < -0.39 is 0 Å². The van der Waals surface area contributed by atoms with Crippen molar-refractivity contribution in [3.8, 4) is 0 Å². The highest BCUT2D eigenvalue weighted by Gasteiger charge is 2.16. The van der Waals surface area contributed by atoms with Crippen molar-refractivity contribution in [1.82, 2.24) is 0 Å². The van der Waals surface area contributed by atoms with Gasteiger partial charge in [-0.05, 0) is 6.42 Å². The summed E-state index contributed by atoms with van der Waals surface area (Å²) < 4.78 is 0. The Kier molecular flexibility index (Phi) is 2.55. The minimum Gasteiger partial charge on any atom is -0.293 e. The van der Waals surface area contributed by atoms with Gasteiger partial charge < -0.3 is 0 Å². The summed E-state index contributed by atoms with van der Waals surface area (Å²) in [6, 6.07) is 0. The summed E-state index contributed by atoms with van der Waals surface area (Å²) in [5.74, 6) is 1.56. The summed E-state index contributed by atoms with van der Waals surface area (Å²) in [5.41, 5.74) is 0. The van der Waals surface area contributed by atoms with Gasteiger partial charge in [0.25, 0.3) is 0 Å². The average molecular weight is 156 g/mol. The maximum Gasteiger partial charge on any atom is 0.171 e. The van der Waals surface area contributed by atoms with E-state index in [4.69, 9.17) is 0 Å². The van der Waals surface area contributed by atoms with Gasteiger partial charge in [0.05, 0.1) is 0 Å². The standard InChI is InChI=1S/C8H12OS/c1-6(2)8(9)7-4-3-5-10-7/h4,6H,3,5H2,1-2H3. The molecule has 0 N–H and O–H groups in total. The van der Waals surface area contributed by atoms with Crippen molar-refractivity contribution in [2.24, 2.45) is 5.92 Å².